The van der Waals surface area contributed by atoms with Crippen LogP contribution in [0.5, 0.6) is 0 Å². The lowest BCUT2D eigenvalue weighted by Gasteiger charge is -2.29. The van der Waals surface area contributed by atoms with Crippen molar-refractivity contribution < 1.29 is 37.1 Å². The van der Waals surface area contributed by atoms with Crippen molar-refractivity contribution in [2.75, 3.05) is 32.7 Å². The highest BCUT2D eigenvalue weighted by Gasteiger charge is 2.38. The number of rotatable bonds is 6. The second-order valence-corrected chi connectivity index (χ2v) is 7.91. The Hall–Kier alpha value is -3.47. The number of amides is 2. The number of aliphatic carboxylic acids is 1. The number of nitrogens with zero attached hydrogens (tertiary/aromatic N) is 2. The topological polar surface area (TPSA) is 90.0 Å². The molecule has 0 saturated carbocycles. The number of piperazine rings is 1. The van der Waals surface area contributed by atoms with Crippen LogP contribution in [0.15, 0.2) is 48.5 Å². The molecule has 2 amide bonds. The molecule has 0 radical (unpaired) electrons. The fourth-order valence-corrected chi connectivity index (χ4v) is 3.36. The first-order valence-corrected chi connectivity index (χ1v) is 10.9. The average molecular weight is 497 g/mol. The molecule has 1 saturated heterocycles. The third kappa shape index (κ3) is 9.36. The van der Waals surface area contributed by atoms with Crippen LogP contribution in [0.4, 0.5) is 17.6 Å². The summed E-state index contributed by atoms with van der Waals surface area (Å²) in [5, 5.41) is 10.4. The third-order valence-electron chi connectivity index (χ3n) is 5.14. The number of carbonyl (C=O) groups is 3. The second kappa shape index (κ2) is 12.8. The van der Waals surface area contributed by atoms with Crippen molar-refractivity contribution in [1.82, 2.24) is 15.1 Å². The summed E-state index contributed by atoms with van der Waals surface area (Å²) in [6.07, 6.45) is -4.81. The van der Waals surface area contributed by atoms with E-state index in [-0.39, 0.29) is 24.1 Å². The van der Waals surface area contributed by atoms with Gasteiger partial charge in [0.1, 0.15) is 5.82 Å². The Balaban J connectivity index is 0.000000540. The number of alkyl halides is 3. The number of benzene rings is 2. The molecule has 0 aromatic heterocycles. The molecule has 7 nitrogen and oxygen atoms in total. The molecule has 0 aliphatic carbocycles. The predicted molar refractivity (Wildman–Crippen MR) is 120 cm³/mol. The van der Waals surface area contributed by atoms with E-state index in [1.54, 1.807) is 4.90 Å². The molecule has 0 spiro atoms. The number of hydrogen-bond acceptors (Lipinski definition) is 4. The molecule has 11 heteroatoms. The van der Waals surface area contributed by atoms with Crippen molar-refractivity contribution in [3.05, 3.63) is 71.0 Å². The van der Waals surface area contributed by atoms with Gasteiger partial charge < -0.3 is 20.2 Å². The van der Waals surface area contributed by atoms with Gasteiger partial charge in [0.25, 0.3) is 5.91 Å². The maximum atomic E-state index is 13.2. The first kappa shape index (κ1) is 27.8. The maximum Gasteiger partial charge on any atom is 0.490 e. The van der Waals surface area contributed by atoms with E-state index in [0.717, 1.165) is 24.2 Å². The lowest BCUT2D eigenvalue weighted by atomic mass is 10.1. The molecule has 1 aliphatic rings. The molecule has 2 aromatic rings. The van der Waals surface area contributed by atoms with Gasteiger partial charge in [-0.3, -0.25) is 9.59 Å². The van der Waals surface area contributed by atoms with Gasteiger partial charge in [0.15, 0.2) is 0 Å². The van der Waals surface area contributed by atoms with E-state index in [0.29, 0.717) is 31.7 Å². The molecule has 3 rings (SSSR count). The Bertz CT molecular complexity index is 1010. The van der Waals surface area contributed by atoms with Crippen LogP contribution in [0.3, 0.4) is 0 Å². The standard InChI is InChI=1S/C22H26FN3O2.C2HF3O2/c1-17-3-2-4-18(15-17)16-26(22(28)19-5-7-20(23)8-6-19)12-9-21(27)25-13-10-24-11-14-25;3-2(4,5)1(6)7/h2-8,15,24H,9-14,16H2,1H3;(H,6,7). The van der Waals surface area contributed by atoms with Gasteiger partial charge in [0, 0.05) is 51.3 Å². The molecule has 2 N–H and O–H groups in total. The largest absolute Gasteiger partial charge is 0.490 e. The molecule has 1 heterocycles. The highest BCUT2D eigenvalue weighted by molar-refractivity contribution is 5.94. The number of nitrogens with one attached hydrogen (secondary N) is 1. The summed E-state index contributed by atoms with van der Waals surface area (Å²) >= 11 is 0. The number of hydrogen-bond donors (Lipinski definition) is 2. The zero-order chi connectivity index (χ0) is 26.0. The Kier molecular flexibility index (Phi) is 10.2. The fraction of sp³-hybridized carbons (Fsp3) is 0.375. The minimum atomic E-state index is -5.08. The van der Waals surface area contributed by atoms with Crippen LogP contribution in [0.1, 0.15) is 27.9 Å². The predicted octanol–water partition coefficient (Wildman–Crippen LogP) is 3.23. The van der Waals surface area contributed by atoms with Gasteiger partial charge in [-0.15, -0.1) is 0 Å². The first-order chi connectivity index (χ1) is 16.5. The first-order valence-electron chi connectivity index (χ1n) is 10.9. The molecule has 1 aliphatic heterocycles. The SMILES string of the molecule is Cc1cccc(CN(CCC(=O)N2CCNCC2)C(=O)c2ccc(F)cc2)c1.O=C(O)C(F)(F)F. The van der Waals surface area contributed by atoms with Crippen LogP contribution in [0, 0.1) is 12.7 Å². The highest BCUT2D eigenvalue weighted by Crippen LogP contribution is 2.14. The van der Waals surface area contributed by atoms with E-state index in [1.807, 2.05) is 36.1 Å². The van der Waals surface area contributed by atoms with Gasteiger partial charge in [0.2, 0.25) is 5.91 Å². The Labute approximate surface area is 200 Å². The summed E-state index contributed by atoms with van der Waals surface area (Å²) < 4.78 is 45.0. The molecule has 2 aromatic carbocycles. The number of halogens is 4. The number of carboxylic acids is 1. The Morgan fingerprint density at radius 3 is 2.20 bits per heavy atom. The van der Waals surface area contributed by atoms with Crippen molar-refractivity contribution in [2.45, 2.75) is 26.1 Å². The molecule has 0 unspecified atom stereocenters. The normalized spacial score (nSPS) is 13.5. The smallest absolute Gasteiger partial charge is 0.475 e. The van der Waals surface area contributed by atoms with Gasteiger partial charge in [0.05, 0.1) is 0 Å². The molecular weight excluding hydrogens is 470 g/mol. The van der Waals surface area contributed by atoms with Gasteiger partial charge >= 0.3 is 12.1 Å². The van der Waals surface area contributed by atoms with E-state index in [1.165, 1.54) is 24.3 Å². The minimum absolute atomic E-state index is 0.0580. The lowest BCUT2D eigenvalue weighted by Crippen LogP contribution is -2.47. The van der Waals surface area contributed by atoms with Crippen molar-refractivity contribution in [1.29, 1.82) is 0 Å². The zero-order valence-electron chi connectivity index (χ0n) is 19.1. The van der Waals surface area contributed by atoms with Crippen LogP contribution in [0.25, 0.3) is 0 Å². The fourth-order valence-electron chi connectivity index (χ4n) is 3.36. The van der Waals surface area contributed by atoms with Crippen molar-refractivity contribution in [3.63, 3.8) is 0 Å². The van der Waals surface area contributed by atoms with E-state index >= 15 is 0 Å². The second-order valence-electron chi connectivity index (χ2n) is 7.91. The van der Waals surface area contributed by atoms with Crippen LogP contribution in [0.2, 0.25) is 0 Å². The Morgan fingerprint density at radius 2 is 1.66 bits per heavy atom. The van der Waals surface area contributed by atoms with Crippen LogP contribution in [-0.2, 0) is 16.1 Å². The van der Waals surface area contributed by atoms with E-state index in [4.69, 9.17) is 9.90 Å². The van der Waals surface area contributed by atoms with Gasteiger partial charge in [-0.1, -0.05) is 29.8 Å². The highest BCUT2D eigenvalue weighted by atomic mass is 19.4. The van der Waals surface area contributed by atoms with Crippen LogP contribution in [-0.4, -0.2) is 71.6 Å². The molecule has 0 bridgehead atoms. The van der Waals surface area contributed by atoms with Crippen LogP contribution < -0.4 is 5.32 Å². The maximum absolute atomic E-state index is 13.2. The third-order valence-corrected chi connectivity index (χ3v) is 5.14. The minimum Gasteiger partial charge on any atom is -0.475 e. The van der Waals surface area contributed by atoms with Gasteiger partial charge in [-0.2, -0.15) is 13.2 Å². The summed E-state index contributed by atoms with van der Waals surface area (Å²) in [6.45, 7) is 5.73. The zero-order valence-corrected chi connectivity index (χ0v) is 19.1. The van der Waals surface area contributed by atoms with E-state index < -0.39 is 12.1 Å². The molecule has 1 fully saturated rings. The summed E-state index contributed by atoms with van der Waals surface area (Å²) in [5.74, 6) is -3.28. The van der Waals surface area contributed by atoms with E-state index in [9.17, 15) is 27.2 Å². The monoisotopic (exact) mass is 497 g/mol. The summed E-state index contributed by atoms with van der Waals surface area (Å²) in [7, 11) is 0. The number of aryl methyl sites for hydroxylation is 1. The van der Waals surface area contributed by atoms with Crippen molar-refractivity contribution in [3.8, 4) is 0 Å². The summed E-state index contributed by atoms with van der Waals surface area (Å²) in [6, 6.07) is 13.5. The van der Waals surface area contributed by atoms with Gasteiger partial charge in [-0.05, 0) is 36.8 Å². The molecular formula is C24H27F4N3O4. The molecule has 190 valence electrons. The quantitative estimate of drug-likeness (QED) is 0.599. The van der Waals surface area contributed by atoms with E-state index in [2.05, 4.69) is 5.32 Å². The summed E-state index contributed by atoms with van der Waals surface area (Å²) in [5.41, 5.74) is 2.54. The van der Waals surface area contributed by atoms with Crippen molar-refractivity contribution in [2.24, 2.45) is 0 Å². The number of carbonyl (C=O) groups excluding carboxylic acids is 2. The molecule has 35 heavy (non-hydrogen) atoms. The number of carboxylic acid groups (broad SMARTS) is 1. The Morgan fingerprint density at radius 1 is 1.06 bits per heavy atom. The average Bonchev–Trinajstić information content (AvgIpc) is 2.82. The van der Waals surface area contributed by atoms with Crippen LogP contribution >= 0.6 is 0 Å². The lowest BCUT2D eigenvalue weighted by molar-refractivity contribution is -0.192. The molecule has 0 atom stereocenters. The summed E-state index contributed by atoms with van der Waals surface area (Å²) in [4.78, 5) is 37.9. The van der Waals surface area contributed by atoms with Gasteiger partial charge in [-0.25, -0.2) is 9.18 Å². The van der Waals surface area contributed by atoms with Crippen molar-refractivity contribution >= 4 is 17.8 Å².